The van der Waals surface area contributed by atoms with Crippen molar-refractivity contribution in [2.75, 3.05) is 11.9 Å². The first-order valence-corrected chi connectivity index (χ1v) is 4.80. The molecule has 0 N–H and O–H groups in total. The van der Waals surface area contributed by atoms with Gasteiger partial charge >= 0.3 is 5.97 Å². The molecule has 0 saturated heterocycles. The Morgan fingerprint density at radius 3 is 2.82 bits per heavy atom. The third kappa shape index (κ3) is 7.59. The normalized spacial score (nSPS) is 10.4. The summed E-state index contributed by atoms with van der Waals surface area (Å²) in [7, 11) is 0. The fourth-order valence-corrected chi connectivity index (χ4v) is 0.845. The van der Waals surface area contributed by atoms with E-state index in [0.717, 1.165) is 11.8 Å². The van der Waals surface area contributed by atoms with Gasteiger partial charge in [0.1, 0.15) is 0 Å². The zero-order valence-corrected chi connectivity index (χ0v) is 8.26. The van der Waals surface area contributed by atoms with Gasteiger partial charge in [0.2, 0.25) is 0 Å². The van der Waals surface area contributed by atoms with Gasteiger partial charge in [-0.15, -0.1) is 0 Å². The van der Waals surface area contributed by atoms with Gasteiger partial charge in [-0.1, -0.05) is 28.1 Å². The van der Waals surface area contributed by atoms with Crippen LogP contribution >= 0.6 is 15.9 Å². The van der Waals surface area contributed by atoms with E-state index in [1.165, 1.54) is 0 Å². The maximum Gasteiger partial charge on any atom is 0.309 e. The second-order valence-electron chi connectivity index (χ2n) is 1.96. The molecule has 0 aromatic carbocycles. The van der Waals surface area contributed by atoms with Crippen molar-refractivity contribution in [2.45, 2.75) is 19.8 Å². The molecule has 0 aliphatic carbocycles. The average molecular weight is 221 g/mol. The van der Waals surface area contributed by atoms with Crippen LogP contribution in [-0.4, -0.2) is 17.9 Å². The van der Waals surface area contributed by atoms with E-state index in [-0.39, 0.29) is 5.97 Å². The number of allylic oxidation sites excluding steroid dienone is 1. The monoisotopic (exact) mass is 220 g/mol. The fourth-order valence-electron chi connectivity index (χ4n) is 0.580. The lowest BCUT2D eigenvalue weighted by Gasteiger charge is -1.95. The van der Waals surface area contributed by atoms with Crippen molar-refractivity contribution in [1.29, 1.82) is 0 Å². The number of carbonyl (C=O) groups is 1. The zero-order chi connectivity index (χ0) is 8.53. The molecule has 0 amide bonds. The standard InChI is InChI=1S/C8H13BrO2/c1-2-11-8(10)6-4-3-5-7-9/h3-4H,2,5-7H2,1H3. The molecule has 0 aliphatic rings. The zero-order valence-electron chi connectivity index (χ0n) is 6.68. The van der Waals surface area contributed by atoms with Crippen LogP contribution in [0.5, 0.6) is 0 Å². The summed E-state index contributed by atoms with van der Waals surface area (Å²) in [6, 6.07) is 0. The highest BCUT2D eigenvalue weighted by molar-refractivity contribution is 9.09. The highest BCUT2D eigenvalue weighted by Crippen LogP contribution is 1.93. The third-order valence-corrected chi connectivity index (χ3v) is 1.49. The lowest BCUT2D eigenvalue weighted by Crippen LogP contribution is -2.01. The summed E-state index contributed by atoms with van der Waals surface area (Å²) < 4.78 is 4.72. The minimum atomic E-state index is -0.154. The Morgan fingerprint density at radius 1 is 1.55 bits per heavy atom. The first-order chi connectivity index (χ1) is 5.31. The van der Waals surface area contributed by atoms with Crippen LogP contribution in [0.25, 0.3) is 0 Å². The second-order valence-corrected chi connectivity index (χ2v) is 2.75. The molecule has 0 radical (unpaired) electrons. The van der Waals surface area contributed by atoms with Gasteiger partial charge in [-0.05, 0) is 13.3 Å². The number of carbonyl (C=O) groups excluding carboxylic acids is 1. The van der Waals surface area contributed by atoms with Crippen LogP contribution in [-0.2, 0) is 9.53 Å². The van der Waals surface area contributed by atoms with E-state index in [1.54, 1.807) is 6.92 Å². The van der Waals surface area contributed by atoms with E-state index in [0.29, 0.717) is 13.0 Å². The predicted molar refractivity (Wildman–Crippen MR) is 48.8 cm³/mol. The fraction of sp³-hybridized carbons (Fsp3) is 0.625. The number of alkyl halides is 1. The summed E-state index contributed by atoms with van der Waals surface area (Å²) in [6.07, 6.45) is 5.14. The van der Waals surface area contributed by atoms with Gasteiger partial charge in [-0.2, -0.15) is 0 Å². The van der Waals surface area contributed by atoms with Crippen LogP contribution in [0, 0.1) is 0 Å². The highest BCUT2D eigenvalue weighted by atomic mass is 79.9. The van der Waals surface area contributed by atoms with Gasteiger partial charge in [0, 0.05) is 5.33 Å². The van der Waals surface area contributed by atoms with Crippen LogP contribution < -0.4 is 0 Å². The maximum atomic E-state index is 10.7. The topological polar surface area (TPSA) is 26.3 Å². The van der Waals surface area contributed by atoms with Gasteiger partial charge in [-0.3, -0.25) is 4.79 Å². The highest BCUT2D eigenvalue weighted by Gasteiger charge is 1.94. The van der Waals surface area contributed by atoms with Crippen LogP contribution in [0.15, 0.2) is 12.2 Å². The smallest absolute Gasteiger partial charge is 0.309 e. The average Bonchev–Trinajstić information content (AvgIpc) is 1.99. The molecule has 0 spiro atoms. The van der Waals surface area contributed by atoms with Crippen LogP contribution in [0.3, 0.4) is 0 Å². The summed E-state index contributed by atoms with van der Waals surface area (Å²) in [4.78, 5) is 10.7. The lowest BCUT2D eigenvalue weighted by atomic mass is 10.3. The number of esters is 1. The van der Waals surface area contributed by atoms with E-state index >= 15 is 0 Å². The van der Waals surface area contributed by atoms with E-state index in [4.69, 9.17) is 4.74 Å². The Balaban J connectivity index is 3.29. The summed E-state index contributed by atoms with van der Waals surface area (Å²) in [6.45, 7) is 2.27. The van der Waals surface area contributed by atoms with Gasteiger partial charge < -0.3 is 4.74 Å². The van der Waals surface area contributed by atoms with Gasteiger partial charge in [-0.25, -0.2) is 0 Å². The quantitative estimate of drug-likeness (QED) is 0.404. The number of ether oxygens (including phenoxy) is 1. The molecule has 2 nitrogen and oxygen atoms in total. The van der Waals surface area contributed by atoms with Crippen LogP contribution in [0.4, 0.5) is 0 Å². The second kappa shape index (κ2) is 7.79. The summed E-state index contributed by atoms with van der Waals surface area (Å²) in [5.74, 6) is -0.154. The molecule has 0 heterocycles. The third-order valence-electron chi connectivity index (χ3n) is 1.03. The summed E-state index contributed by atoms with van der Waals surface area (Å²) in [5, 5.41) is 0.937. The van der Waals surface area contributed by atoms with Gasteiger partial charge in [0.25, 0.3) is 0 Å². The molecule has 0 saturated carbocycles. The molecule has 64 valence electrons. The number of hydrogen-bond acceptors (Lipinski definition) is 2. The predicted octanol–water partition coefficient (Wildman–Crippen LogP) is 2.28. The molecule has 0 aliphatic heterocycles. The molecular formula is C8H13BrO2. The van der Waals surface area contributed by atoms with Crippen molar-refractivity contribution >= 4 is 21.9 Å². The van der Waals surface area contributed by atoms with Crippen molar-refractivity contribution < 1.29 is 9.53 Å². The molecule has 0 aromatic heterocycles. The molecule has 0 atom stereocenters. The van der Waals surface area contributed by atoms with Crippen molar-refractivity contribution in [3.63, 3.8) is 0 Å². The molecule has 0 bridgehead atoms. The molecule has 0 rings (SSSR count). The van der Waals surface area contributed by atoms with Crippen molar-refractivity contribution in [3.05, 3.63) is 12.2 Å². The van der Waals surface area contributed by atoms with E-state index in [2.05, 4.69) is 15.9 Å². The van der Waals surface area contributed by atoms with E-state index < -0.39 is 0 Å². The molecule has 0 fully saturated rings. The minimum Gasteiger partial charge on any atom is -0.466 e. The van der Waals surface area contributed by atoms with Crippen molar-refractivity contribution in [2.24, 2.45) is 0 Å². The van der Waals surface area contributed by atoms with Crippen LogP contribution in [0.1, 0.15) is 19.8 Å². The number of hydrogen-bond donors (Lipinski definition) is 0. The van der Waals surface area contributed by atoms with E-state index in [9.17, 15) is 4.79 Å². The molecule has 11 heavy (non-hydrogen) atoms. The van der Waals surface area contributed by atoms with Crippen LogP contribution in [0.2, 0.25) is 0 Å². The maximum absolute atomic E-state index is 10.7. The largest absolute Gasteiger partial charge is 0.466 e. The first-order valence-electron chi connectivity index (χ1n) is 3.67. The number of halogens is 1. The summed E-state index contributed by atoms with van der Waals surface area (Å²) >= 11 is 3.28. The Hall–Kier alpha value is -0.310. The Labute approximate surface area is 75.7 Å². The van der Waals surface area contributed by atoms with Gasteiger partial charge in [0.05, 0.1) is 13.0 Å². The van der Waals surface area contributed by atoms with E-state index in [1.807, 2.05) is 12.2 Å². The lowest BCUT2D eigenvalue weighted by molar-refractivity contribution is -0.142. The molecule has 3 heteroatoms. The Morgan fingerprint density at radius 2 is 2.27 bits per heavy atom. The number of rotatable bonds is 5. The molecule has 0 aromatic rings. The SMILES string of the molecule is CCOC(=O)CC=CCCBr. The summed E-state index contributed by atoms with van der Waals surface area (Å²) in [5.41, 5.74) is 0. The Bertz CT molecular complexity index is 132. The minimum absolute atomic E-state index is 0.154. The molecular weight excluding hydrogens is 208 g/mol. The van der Waals surface area contributed by atoms with Gasteiger partial charge in [0.15, 0.2) is 0 Å². The Kier molecular flexibility index (Phi) is 7.57. The van der Waals surface area contributed by atoms with Crippen molar-refractivity contribution in [3.8, 4) is 0 Å². The van der Waals surface area contributed by atoms with Crippen molar-refractivity contribution in [1.82, 2.24) is 0 Å². The molecule has 0 unspecified atom stereocenters. The first kappa shape index (κ1) is 10.7.